The summed E-state index contributed by atoms with van der Waals surface area (Å²) in [6.07, 6.45) is 2.08. The lowest BCUT2D eigenvalue weighted by Crippen LogP contribution is -2.00. The van der Waals surface area contributed by atoms with E-state index in [1.807, 2.05) is 30.3 Å². The lowest BCUT2D eigenvalue weighted by Gasteiger charge is -2.05. The topological polar surface area (TPSA) is 83.4 Å². The van der Waals surface area contributed by atoms with Crippen LogP contribution in [-0.4, -0.2) is 0 Å². The van der Waals surface area contributed by atoms with Gasteiger partial charge in [-0.1, -0.05) is 25.5 Å². The second-order valence-electron chi connectivity index (χ2n) is 3.66. The Hall–Kier alpha value is -2.77. The van der Waals surface area contributed by atoms with E-state index >= 15 is 0 Å². The highest BCUT2D eigenvalue weighted by Gasteiger charge is 2.05. The first-order valence-electron chi connectivity index (χ1n) is 5.55. The lowest BCUT2D eigenvalue weighted by molar-refractivity contribution is 0.922. The van der Waals surface area contributed by atoms with E-state index in [0.717, 1.165) is 12.8 Å². The van der Waals surface area contributed by atoms with Crippen LogP contribution in [0, 0.1) is 34.0 Å². The summed E-state index contributed by atoms with van der Waals surface area (Å²) in [5.41, 5.74) is 1.67. The van der Waals surface area contributed by atoms with Gasteiger partial charge in [0.1, 0.15) is 23.9 Å². The Bertz CT molecular complexity index is 546. The molecule has 0 saturated heterocycles. The molecule has 18 heavy (non-hydrogen) atoms. The highest BCUT2D eigenvalue weighted by Crippen LogP contribution is 2.14. The number of nitrogens with zero attached hydrogens (tertiary/aromatic N) is 3. The van der Waals surface area contributed by atoms with Crippen molar-refractivity contribution >= 4 is 5.69 Å². The van der Waals surface area contributed by atoms with Crippen LogP contribution in [0.15, 0.2) is 35.5 Å². The molecule has 0 aliphatic rings. The minimum atomic E-state index is -0.213. The molecular weight excluding hydrogens is 224 g/mol. The smallest absolute Gasteiger partial charge is 0.163 e. The number of nitrogens with one attached hydrogen (secondary N) is 1. The molecular formula is C14H12N4. The van der Waals surface area contributed by atoms with Crippen molar-refractivity contribution in [3.8, 4) is 18.2 Å². The van der Waals surface area contributed by atoms with Gasteiger partial charge in [0.2, 0.25) is 0 Å². The van der Waals surface area contributed by atoms with Gasteiger partial charge in [-0.3, -0.25) is 0 Å². The quantitative estimate of drug-likeness (QED) is 0.814. The van der Waals surface area contributed by atoms with E-state index in [1.54, 1.807) is 12.1 Å². The molecule has 0 aliphatic heterocycles. The second-order valence-corrected chi connectivity index (χ2v) is 3.66. The maximum atomic E-state index is 8.89. The van der Waals surface area contributed by atoms with Gasteiger partial charge < -0.3 is 5.32 Å². The first kappa shape index (κ1) is 13.3. The van der Waals surface area contributed by atoms with Crippen molar-refractivity contribution in [1.29, 1.82) is 15.8 Å². The van der Waals surface area contributed by atoms with Crippen LogP contribution in [0.5, 0.6) is 0 Å². The molecule has 4 nitrogen and oxygen atoms in total. The normalized spacial score (nSPS) is 8.56. The SMILES string of the molecule is CCCc1ccc(NC(C#N)=C(C#N)C#N)cc1. The van der Waals surface area contributed by atoms with E-state index in [1.165, 1.54) is 5.56 Å². The van der Waals surface area contributed by atoms with Crippen LogP contribution in [0.25, 0.3) is 0 Å². The summed E-state index contributed by atoms with van der Waals surface area (Å²) >= 11 is 0. The van der Waals surface area contributed by atoms with Crippen molar-refractivity contribution in [3.63, 3.8) is 0 Å². The van der Waals surface area contributed by atoms with E-state index < -0.39 is 0 Å². The molecule has 1 aromatic rings. The maximum absolute atomic E-state index is 8.89. The fraction of sp³-hybridized carbons (Fsp3) is 0.214. The predicted octanol–water partition coefficient (Wildman–Crippen LogP) is 2.88. The summed E-state index contributed by atoms with van der Waals surface area (Å²) in [6.45, 7) is 2.11. The van der Waals surface area contributed by atoms with Gasteiger partial charge in [0, 0.05) is 5.69 Å². The third-order valence-corrected chi connectivity index (χ3v) is 2.35. The van der Waals surface area contributed by atoms with Crippen LogP contribution in [0.4, 0.5) is 5.69 Å². The van der Waals surface area contributed by atoms with Gasteiger partial charge in [-0.2, -0.15) is 15.8 Å². The molecule has 0 aromatic heterocycles. The molecule has 1 aromatic carbocycles. The van der Waals surface area contributed by atoms with Crippen LogP contribution in [0.3, 0.4) is 0 Å². The number of benzene rings is 1. The van der Waals surface area contributed by atoms with Crippen molar-refractivity contribution in [3.05, 3.63) is 41.1 Å². The van der Waals surface area contributed by atoms with E-state index in [4.69, 9.17) is 15.8 Å². The van der Waals surface area contributed by atoms with Crippen molar-refractivity contribution in [2.24, 2.45) is 0 Å². The van der Waals surface area contributed by atoms with Gasteiger partial charge in [-0.25, -0.2) is 0 Å². The third kappa shape index (κ3) is 3.37. The molecule has 0 radical (unpaired) electrons. The zero-order valence-electron chi connectivity index (χ0n) is 10.1. The molecule has 0 spiro atoms. The lowest BCUT2D eigenvalue weighted by atomic mass is 10.1. The van der Waals surface area contributed by atoms with Crippen molar-refractivity contribution in [2.75, 3.05) is 5.32 Å². The number of rotatable bonds is 4. The van der Waals surface area contributed by atoms with E-state index in [2.05, 4.69) is 12.2 Å². The molecule has 1 N–H and O–H groups in total. The Balaban J connectivity index is 2.92. The Morgan fingerprint density at radius 1 is 1.06 bits per heavy atom. The van der Waals surface area contributed by atoms with Gasteiger partial charge in [-0.15, -0.1) is 0 Å². The molecule has 0 atom stereocenters. The van der Waals surface area contributed by atoms with Gasteiger partial charge in [0.05, 0.1) is 0 Å². The minimum absolute atomic E-state index is 0.0248. The number of anilines is 1. The van der Waals surface area contributed by atoms with Crippen LogP contribution < -0.4 is 5.32 Å². The highest BCUT2D eigenvalue weighted by atomic mass is 14.9. The fourth-order valence-electron chi connectivity index (χ4n) is 1.47. The van der Waals surface area contributed by atoms with Gasteiger partial charge in [-0.05, 0) is 24.1 Å². The number of hydrogen-bond acceptors (Lipinski definition) is 4. The molecule has 88 valence electrons. The molecule has 0 bridgehead atoms. The molecule has 0 aliphatic carbocycles. The second kappa shape index (κ2) is 6.74. The summed E-state index contributed by atoms with van der Waals surface area (Å²) < 4.78 is 0. The Labute approximate surface area is 106 Å². The standard InChI is InChI=1S/C14H12N4/c1-2-3-11-4-6-13(7-5-11)18-14(10-17)12(8-15)9-16/h4-7,18H,2-3H2,1H3. The number of aryl methyl sites for hydroxylation is 1. The number of allylic oxidation sites excluding steroid dienone is 2. The molecule has 0 unspecified atom stereocenters. The van der Waals surface area contributed by atoms with Crippen molar-refractivity contribution < 1.29 is 0 Å². The van der Waals surface area contributed by atoms with Gasteiger partial charge in [0.15, 0.2) is 5.57 Å². The van der Waals surface area contributed by atoms with Gasteiger partial charge in [0.25, 0.3) is 0 Å². The molecule has 0 saturated carbocycles. The summed E-state index contributed by atoms with van der Waals surface area (Å²) in [5, 5.41) is 29.1. The first-order chi connectivity index (χ1) is 8.74. The van der Waals surface area contributed by atoms with Crippen molar-refractivity contribution in [1.82, 2.24) is 0 Å². The number of hydrogen-bond donors (Lipinski definition) is 1. The highest BCUT2D eigenvalue weighted by molar-refractivity contribution is 5.58. The van der Waals surface area contributed by atoms with E-state index in [9.17, 15) is 0 Å². The number of nitriles is 3. The average Bonchev–Trinajstić information content (AvgIpc) is 2.41. The van der Waals surface area contributed by atoms with Crippen molar-refractivity contribution in [2.45, 2.75) is 19.8 Å². The molecule has 0 fully saturated rings. The Morgan fingerprint density at radius 2 is 1.67 bits per heavy atom. The average molecular weight is 236 g/mol. The largest absolute Gasteiger partial charge is 0.345 e. The first-order valence-corrected chi connectivity index (χ1v) is 5.55. The Kier molecular flexibility index (Phi) is 4.98. The fourth-order valence-corrected chi connectivity index (χ4v) is 1.47. The predicted molar refractivity (Wildman–Crippen MR) is 67.9 cm³/mol. The van der Waals surface area contributed by atoms with Crippen LogP contribution in [-0.2, 0) is 6.42 Å². The minimum Gasteiger partial charge on any atom is -0.345 e. The molecule has 0 amide bonds. The monoisotopic (exact) mass is 236 g/mol. The van der Waals surface area contributed by atoms with E-state index in [-0.39, 0.29) is 11.3 Å². The summed E-state index contributed by atoms with van der Waals surface area (Å²) in [6, 6.07) is 12.8. The Morgan fingerprint density at radius 3 is 2.11 bits per heavy atom. The van der Waals surface area contributed by atoms with E-state index in [0.29, 0.717) is 5.69 Å². The molecule has 1 rings (SSSR count). The van der Waals surface area contributed by atoms with Gasteiger partial charge >= 0.3 is 0 Å². The van der Waals surface area contributed by atoms with Crippen LogP contribution >= 0.6 is 0 Å². The summed E-state index contributed by atoms with van der Waals surface area (Å²) in [4.78, 5) is 0. The van der Waals surface area contributed by atoms with Crippen LogP contribution in [0.1, 0.15) is 18.9 Å². The molecule has 0 heterocycles. The zero-order valence-corrected chi connectivity index (χ0v) is 10.1. The summed E-state index contributed by atoms with van der Waals surface area (Å²) in [7, 11) is 0. The van der Waals surface area contributed by atoms with Crippen LogP contribution in [0.2, 0.25) is 0 Å². The molecule has 4 heteroatoms. The zero-order chi connectivity index (χ0) is 13.4. The maximum Gasteiger partial charge on any atom is 0.163 e. The third-order valence-electron chi connectivity index (χ3n) is 2.35. The summed E-state index contributed by atoms with van der Waals surface area (Å²) in [5.74, 6) is 0.